The van der Waals surface area contributed by atoms with E-state index in [2.05, 4.69) is 9.98 Å². The molecule has 2 heterocycles. The molecule has 0 radical (unpaired) electrons. The molecule has 0 aliphatic carbocycles. The fourth-order valence-corrected chi connectivity index (χ4v) is 4.23. The summed E-state index contributed by atoms with van der Waals surface area (Å²) in [6.45, 7) is 0.783. The molecule has 0 amide bonds. The van der Waals surface area contributed by atoms with Crippen LogP contribution in [0.25, 0.3) is 11.1 Å². The van der Waals surface area contributed by atoms with Crippen molar-refractivity contribution < 1.29 is 10.2 Å². The fourth-order valence-electron chi connectivity index (χ4n) is 1.94. The zero-order valence-electron chi connectivity index (χ0n) is 10.3. The van der Waals surface area contributed by atoms with Crippen LogP contribution in [0.3, 0.4) is 0 Å². The van der Waals surface area contributed by atoms with E-state index < -0.39 is 0 Å². The van der Waals surface area contributed by atoms with Gasteiger partial charge in [-0.3, -0.25) is 9.98 Å². The maximum absolute atomic E-state index is 10.0. The van der Waals surface area contributed by atoms with Crippen LogP contribution in [-0.2, 0) is 0 Å². The maximum Gasteiger partial charge on any atom is 0.206 e. The van der Waals surface area contributed by atoms with E-state index in [1.54, 1.807) is 23.9 Å². The highest BCUT2D eigenvalue weighted by molar-refractivity contribution is 8.39. The van der Waals surface area contributed by atoms with Crippen molar-refractivity contribution in [3.63, 3.8) is 0 Å². The van der Waals surface area contributed by atoms with Gasteiger partial charge in [-0.2, -0.15) is 0 Å². The van der Waals surface area contributed by atoms with Crippen LogP contribution in [-0.4, -0.2) is 31.9 Å². The van der Waals surface area contributed by atoms with Crippen molar-refractivity contribution in [2.75, 3.05) is 12.3 Å². The third-order valence-corrected chi connectivity index (χ3v) is 5.41. The molecule has 0 fully saturated rings. The fraction of sp³-hybridized carbons (Fsp3) is 0.154. The summed E-state index contributed by atoms with van der Waals surface area (Å²) in [5.41, 5.74) is 1.18. The molecule has 1 aromatic heterocycles. The number of hydrogen-bond acceptors (Lipinski definition) is 5. The Morgan fingerprint density at radius 2 is 2.05 bits per heavy atom. The highest BCUT2D eigenvalue weighted by Gasteiger charge is 2.23. The van der Waals surface area contributed by atoms with Gasteiger partial charge < -0.3 is 10.2 Å². The molecular weight excluding hydrogens is 316 g/mol. The average molecular weight is 327 g/mol. The van der Waals surface area contributed by atoms with Crippen molar-refractivity contribution in [1.82, 2.24) is 4.98 Å². The number of aromatic hydroxyl groups is 2. The second-order valence-electron chi connectivity index (χ2n) is 4.10. The molecule has 4 nitrogen and oxygen atoms in total. The lowest BCUT2D eigenvalue weighted by Gasteiger charge is -2.06. The molecule has 0 saturated carbocycles. The van der Waals surface area contributed by atoms with Crippen molar-refractivity contribution in [1.29, 1.82) is 0 Å². The minimum Gasteiger partial charge on any atom is -0.494 e. The van der Waals surface area contributed by atoms with Crippen molar-refractivity contribution in [2.24, 2.45) is 4.99 Å². The number of H-pyrrole nitrogens is 1. The quantitative estimate of drug-likeness (QED) is 0.782. The molecule has 0 spiro atoms. The molecule has 0 saturated heterocycles. The smallest absolute Gasteiger partial charge is 0.206 e. The molecule has 1 aromatic carbocycles. The summed E-state index contributed by atoms with van der Waals surface area (Å²) < 4.78 is 0.882. The summed E-state index contributed by atoms with van der Waals surface area (Å²) >= 11 is 9.16. The summed E-state index contributed by atoms with van der Waals surface area (Å²) in [7, 11) is 0. The Morgan fingerprint density at radius 3 is 2.75 bits per heavy atom. The Bertz CT molecular complexity index is 685. The maximum atomic E-state index is 10.0. The summed E-state index contributed by atoms with van der Waals surface area (Å²) in [5.74, 6) is 0.778. The number of halogens is 1. The Kier molecular flexibility index (Phi) is 3.87. The van der Waals surface area contributed by atoms with Gasteiger partial charge in [-0.15, -0.1) is 0 Å². The SMILES string of the molecule is Oc1[nH]c(O)c(-c2ccccc2Cl)c1SC1=NCCS1. The van der Waals surface area contributed by atoms with Crippen molar-refractivity contribution in [3.05, 3.63) is 29.3 Å². The second kappa shape index (κ2) is 5.63. The number of thioether (sulfide) groups is 2. The number of hydrogen-bond donors (Lipinski definition) is 3. The molecule has 7 heteroatoms. The van der Waals surface area contributed by atoms with Gasteiger partial charge in [0.2, 0.25) is 11.8 Å². The molecule has 1 aliphatic rings. The first-order valence-corrected chi connectivity index (χ1v) is 8.08. The topological polar surface area (TPSA) is 68.6 Å². The zero-order chi connectivity index (χ0) is 14.1. The number of rotatable bonds is 2. The van der Waals surface area contributed by atoms with Crippen LogP contribution in [0.4, 0.5) is 0 Å². The van der Waals surface area contributed by atoms with Gasteiger partial charge >= 0.3 is 0 Å². The van der Waals surface area contributed by atoms with E-state index >= 15 is 0 Å². The summed E-state index contributed by atoms with van der Waals surface area (Å²) in [6.07, 6.45) is 0. The predicted octanol–water partition coefficient (Wildman–Crippen LogP) is 3.94. The third kappa shape index (κ3) is 2.51. The Labute approximate surface area is 129 Å². The van der Waals surface area contributed by atoms with Crippen LogP contribution in [0.1, 0.15) is 0 Å². The lowest BCUT2D eigenvalue weighted by molar-refractivity contribution is 0.421. The van der Waals surface area contributed by atoms with Gasteiger partial charge in [-0.05, 0) is 6.07 Å². The largest absolute Gasteiger partial charge is 0.494 e. The van der Waals surface area contributed by atoms with Crippen LogP contribution in [0.15, 0.2) is 34.2 Å². The van der Waals surface area contributed by atoms with Crippen LogP contribution in [0.2, 0.25) is 5.02 Å². The summed E-state index contributed by atoms with van der Waals surface area (Å²) in [5, 5.41) is 20.5. The van der Waals surface area contributed by atoms with Crippen molar-refractivity contribution in [2.45, 2.75) is 4.90 Å². The highest BCUT2D eigenvalue weighted by Crippen LogP contribution is 2.47. The first-order chi connectivity index (χ1) is 9.66. The van der Waals surface area contributed by atoms with E-state index in [-0.39, 0.29) is 11.8 Å². The third-order valence-electron chi connectivity index (χ3n) is 2.81. The Morgan fingerprint density at radius 1 is 1.25 bits per heavy atom. The van der Waals surface area contributed by atoms with Crippen molar-refractivity contribution in [3.8, 4) is 22.9 Å². The predicted molar refractivity (Wildman–Crippen MR) is 85.2 cm³/mol. The highest BCUT2D eigenvalue weighted by atomic mass is 35.5. The second-order valence-corrected chi connectivity index (χ2v) is 6.85. The molecule has 104 valence electrons. The lowest BCUT2D eigenvalue weighted by atomic mass is 10.1. The number of nitrogens with one attached hydrogen (secondary N) is 1. The lowest BCUT2D eigenvalue weighted by Crippen LogP contribution is -1.84. The van der Waals surface area contributed by atoms with E-state index in [0.29, 0.717) is 21.0 Å². The minimum atomic E-state index is -0.0957. The zero-order valence-corrected chi connectivity index (χ0v) is 12.6. The molecule has 1 aliphatic heterocycles. The normalized spacial score (nSPS) is 14.6. The molecule has 3 rings (SSSR count). The van der Waals surface area contributed by atoms with E-state index in [9.17, 15) is 10.2 Å². The first kappa shape index (κ1) is 13.7. The minimum absolute atomic E-state index is 0.0716. The van der Waals surface area contributed by atoms with E-state index in [4.69, 9.17) is 11.6 Å². The number of nitrogens with zero attached hydrogens (tertiary/aromatic N) is 1. The molecule has 0 unspecified atom stereocenters. The number of aromatic nitrogens is 1. The van der Waals surface area contributed by atoms with E-state index in [0.717, 1.165) is 16.7 Å². The van der Waals surface area contributed by atoms with Gasteiger partial charge in [-0.25, -0.2) is 0 Å². The van der Waals surface area contributed by atoms with Gasteiger partial charge in [0.05, 0.1) is 17.0 Å². The molecule has 0 atom stereocenters. The van der Waals surface area contributed by atoms with Gasteiger partial charge in [0.1, 0.15) is 4.38 Å². The van der Waals surface area contributed by atoms with Gasteiger partial charge in [0.15, 0.2) is 0 Å². The van der Waals surface area contributed by atoms with Crippen LogP contribution in [0, 0.1) is 0 Å². The first-order valence-electron chi connectivity index (χ1n) is 5.90. The van der Waals surface area contributed by atoms with Crippen LogP contribution < -0.4 is 0 Å². The number of aromatic amines is 1. The summed E-state index contributed by atoms with van der Waals surface area (Å²) in [6, 6.07) is 7.20. The van der Waals surface area contributed by atoms with Crippen LogP contribution in [0.5, 0.6) is 11.8 Å². The monoisotopic (exact) mass is 326 g/mol. The van der Waals surface area contributed by atoms with E-state index in [1.165, 1.54) is 11.8 Å². The van der Waals surface area contributed by atoms with Gasteiger partial charge in [0, 0.05) is 16.3 Å². The molecule has 2 aromatic rings. The van der Waals surface area contributed by atoms with Gasteiger partial charge in [0.25, 0.3) is 0 Å². The van der Waals surface area contributed by atoms with Gasteiger partial charge in [-0.1, -0.05) is 53.3 Å². The number of aliphatic imine (C=N–C) groups is 1. The van der Waals surface area contributed by atoms with Crippen LogP contribution >= 0.6 is 35.1 Å². The average Bonchev–Trinajstić information content (AvgIpc) is 3.01. The van der Waals surface area contributed by atoms with E-state index in [1.807, 2.05) is 12.1 Å². The molecule has 3 N–H and O–H groups in total. The van der Waals surface area contributed by atoms with Crippen molar-refractivity contribution >= 4 is 39.5 Å². The number of benzene rings is 1. The Balaban J connectivity index is 2.08. The molecule has 20 heavy (non-hydrogen) atoms. The molecule has 0 bridgehead atoms. The molecular formula is C13H11ClN2O2S2. The standard InChI is InChI=1S/C13H11ClN2O2S2/c14-8-4-2-1-3-7(8)9-10(12(18)16-11(9)17)20-13-15-5-6-19-13/h1-4,16-18H,5-6H2. The summed E-state index contributed by atoms with van der Waals surface area (Å²) in [4.78, 5) is 7.43. The Hall–Kier alpha value is -1.24.